The van der Waals surface area contributed by atoms with E-state index in [1.807, 2.05) is 6.92 Å². The zero-order valence-electron chi connectivity index (χ0n) is 7.72. The van der Waals surface area contributed by atoms with Gasteiger partial charge in [0.2, 0.25) is 0 Å². The lowest BCUT2D eigenvalue weighted by atomic mass is 10.2. The van der Waals surface area contributed by atoms with E-state index in [9.17, 15) is 4.39 Å². The summed E-state index contributed by atoms with van der Waals surface area (Å²) in [6.07, 6.45) is 0.816. The normalized spacial score (nSPS) is 10.1. The molecule has 0 amide bonds. The van der Waals surface area contributed by atoms with E-state index in [0.29, 0.717) is 13.2 Å². The molecule has 0 fully saturated rings. The van der Waals surface area contributed by atoms with Crippen LogP contribution in [-0.2, 0) is 0 Å². The lowest BCUT2D eigenvalue weighted by Gasteiger charge is -2.07. The quantitative estimate of drug-likeness (QED) is 0.723. The van der Waals surface area contributed by atoms with Crippen molar-refractivity contribution in [3.63, 3.8) is 0 Å². The van der Waals surface area contributed by atoms with E-state index in [1.54, 1.807) is 6.07 Å². The van der Waals surface area contributed by atoms with Gasteiger partial charge in [0, 0.05) is 0 Å². The van der Waals surface area contributed by atoms with Crippen LogP contribution in [0.1, 0.15) is 12.0 Å². The first-order valence-electron chi connectivity index (χ1n) is 4.33. The minimum Gasteiger partial charge on any atom is -0.493 e. The number of hydrogen-bond acceptors (Lipinski definition) is 2. The highest BCUT2D eigenvalue weighted by atomic mass is 19.1. The first-order valence-corrected chi connectivity index (χ1v) is 4.33. The number of hydrogen-bond donors (Lipinski definition) is 1. The molecule has 0 unspecified atom stereocenters. The standard InChI is InChI=1S/C10H14FNO/c1-8-7-9(11)3-4-10(8)13-6-2-5-12/h3-4,7H,2,5-6,12H2,1H3. The summed E-state index contributed by atoms with van der Waals surface area (Å²) >= 11 is 0. The second-order valence-electron chi connectivity index (χ2n) is 2.90. The highest BCUT2D eigenvalue weighted by Gasteiger charge is 1.99. The summed E-state index contributed by atoms with van der Waals surface area (Å²) in [7, 11) is 0. The molecule has 0 bridgehead atoms. The molecule has 0 aliphatic heterocycles. The summed E-state index contributed by atoms with van der Waals surface area (Å²) in [5, 5.41) is 0. The molecule has 0 spiro atoms. The molecule has 2 nitrogen and oxygen atoms in total. The summed E-state index contributed by atoms with van der Waals surface area (Å²) in [5.74, 6) is 0.499. The van der Waals surface area contributed by atoms with Gasteiger partial charge < -0.3 is 10.5 Å². The molecule has 0 aliphatic carbocycles. The van der Waals surface area contributed by atoms with Crippen LogP contribution in [-0.4, -0.2) is 13.2 Å². The van der Waals surface area contributed by atoms with Crippen molar-refractivity contribution < 1.29 is 9.13 Å². The van der Waals surface area contributed by atoms with E-state index in [0.717, 1.165) is 17.7 Å². The Labute approximate surface area is 77.5 Å². The minimum absolute atomic E-state index is 0.233. The highest BCUT2D eigenvalue weighted by molar-refractivity contribution is 5.32. The Bertz CT molecular complexity index is 276. The smallest absolute Gasteiger partial charge is 0.123 e. The molecule has 0 saturated heterocycles. The summed E-state index contributed by atoms with van der Waals surface area (Å²) in [6.45, 7) is 3.02. The molecule has 1 aromatic rings. The molecule has 1 aromatic carbocycles. The van der Waals surface area contributed by atoms with Crippen LogP contribution in [0.4, 0.5) is 4.39 Å². The van der Waals surface area contributed by atoms with Crippen LogP contribution in [0.5, 0.6) is 5.75 Å². The van der Waals surface area contributed by atoms with E-state index < -0.39 is 0 Å². The number of halogens is 1. The van der Waals surface area contributed by atoms with Crippen LogP contribution in [0.3, 0.4) is 0 Å². The van der Waals surface area contributed by atoms with Gasteiger partial charge in [0.15, 0.2) is 0 Å². The van der Waals surface area contributed by atoms with Crippen molar-refractivity contribution in [1.29, 1.82) is 0 Å². The average molecular weight is 183 g/mol. The maximum Gasteiger partial charge on any atom is 0.123 e. The van der Waals surface area contributed by atoms with Crippen molar-refractivity contribution in [3.05, 3.63) is 29.6 Å². The third-order valence-electron chi connectivity index (χ3n) is 1.74. The molecule has 2 N–H and O–H groups in total. The van der Waals surface area contributed by atoms with Crippen LogP contribution in [0, 0.1) is 12.7 Å². The van der Waals surface area contributed by atoms with Gasteiger partial charge in [-0.3, -0.25) is 0 Å². The Balaban J connectivity index is 2.56. The Morgan fingerprint density at radius 1 is 1.46 bits per heavy atom. The molecule has 0 saturated carbocycles. The molecule has 72 valence electrons. The summed E-state index contributed by atoms with van der Waals surface area (Å²) < 4.78 is 18.0. The van der Waals surface area contributed by atoms with Crippen molar-refractivity contribution in [2.75, 3.05) is 13.2 Å². The Kier molecular flexibility index (Phi) is 3.71. The van der Waals surface area contributed by atoms with Gasteiger partial charge in [-0.1, -0.05) is 0 Å². The molecule has 3 heteroatoms. The van der Waals surface area contributed by atoms with Crippen LogP contribution in [0.15, 0.2) is 18.2 Å². The topological polar surface area (TPSA) is 35.2 Å². The first kappa shape index (κ1) is 9.99. The van der Waals surface area contributed by atoms with Crippen molar-refractivity contribution in [3.8, 4) is 5.75 Å². The van der Waals surface area contributed by atoms with Crippen LogP contribution >= 0.6 is 0 Å². The lowest BCUT2D eigenvalue weighted by Crippen LogP contribution is -2.06. The lowest BCUT2D eigenvalue weighted by molar-refractivity contribution is 0.311. The van der Waals surface area contributed by atoms with Gasteiger partial charge in [0.25, 0.3) is 0 Å². The van der Waals surface area contributed by atoms with Crippen LogP contribution in [0.2, 0.25) is 0 Å². The van der Waals surface area contributed by atoms with E-state index in [-0.39, 0.29) is 5.82 Å². The maximum atomic E-state index is 12.7. The van der Waals surface area contributed by atoms with Crippen molar-refractivity contribution in [2.45, 2.75) is 13.3 Å². The van der Waals surface area contributed by atoms with Gasteiger partial charge in [-0.2, -0.15) is 0 Å². The number of rotatable bonds is 4. The molecule has 0 radical (unpaired) electrons. The Hall–Kier alpha value is -1.09. The second kappa shape index (κ2) is 4.82. The van der Waals surface area contributed by atoms with Gasteiger partial charge in [-0.15, -0.1) is 0 Å². The van der Waals surface area contributed by atoms with Gasteiger partial charge in [-0.25, -0.2) is 4.39 Å². The molecule has 0 aromatic heterocycles. The van der Waals surface area contributed by atoms with Crippen LogP contribution < -0.4 is 10.5 Å². The Morgan fingerprint density at radius 3 is 2.85 bits per heavy atom. The summed E-state index contributed by atoms with van der Waals surface area (Å²) in [5.41, 5.74) is 6.13. The molecule has 0 atom stereocenters. The molecule has 1 rings (SSSR count). The first-order chi connectivity index (χ1) is 6.24. The predicted octanol–water partition coefficient (Wildman–Crippen LogP) is 1.86. The molecular formula is C10H14FNO. The minimum atomic E-state index is -0.233. The fourth-order valence-corrected chi connectivity index (χ4v) is 1.04. The van der Waals surface area contributed by atoms with Gasteiger partial charge >= 0.3 is 0 Å². The highest BCUT2D eigenvalue weighted by Crippen LogP contribution is 2.18. The second-order valence-corrected chi connectivity index (χ2v) is 2.90. The van der Waals surface area contributed by atoms with Crippen LogP contribution in [0.25, 0.3) is 0 Å². The fourth-order valence-electron chi connectivity index (χ4n) is 1.04. The number of ether oxygens (including phenoxy) is 1. The third kappa shape index (κ3) is 3.03. The maximum absolute atomic E-state index is 12.7. The van der Waals surface area contributed by atoms with E-state index >= 15 is 0 Å². The molecule has 0 aliphatic rings. The summed E-state index contributed by atoms with van der Waals surface area (Å²) in [4.78, 5) is 0. The zero-order chi connectivity index (χ0) is 9.68. The van der Waals surface area contributed by atoms with E-state index in [1.165, 1.54) is 12.1 Å². The van der Waals surface area contributed by atoms with Crippen molar-refractivity contribution in [1.82, 2.24) is 0 Å². The largest absolute Gasteiger partial charge is 0.493 e. The van der Waals surface area contributed by atoms with Gasteiger partial charge in [-0.05, 0) is 43.7 Å². The average Bonchev–Trinajstić information content (AvgIpc) is 2.09. The zero-order valence-corrected chi connectivity index (χ0v) is 7.72. The van der Waals surface area contributed by atoms with E-state index in [4.69, 9.17) is 10.5 Å². The number of benzene rings is 1. The van der Waals surface area contributed by atoms with E-state index in [2.05, 4.69) is 0 Å². The fraction of sp³-hybridized carbons (Fsp3) is 0.400. The predicted molar refractivity (Wildman–Crippen MR) is 50.3 cm³/mol. The number of aryl methyl sites for hydroxylation is 1. The van der Waals surface area contributed by atoms with Gasteiger partial charge in [0.05, 0.1) is 6.61 Å². The third-order valence-corrected chi connectivity index (χ3v) is 1.74. The number of nitrogens with two attached hydrogens (primary N) is 1. The summed E-state index contributed by atoms with van der Waals surface area (Å²) in [6, 6.07) is 4.49. The van der Waals surface area contributed by atoms with Gasteiger partial charge in [0.1, 0.15) is 11.6 Å². The molecule has 13 heavy (non-hydrogen) atoms. The van der Waals surface area contributed by atoms with Crippen molar-refractivity contribution >= 4 is 0 Å². The monoisotopic (exact) mass is 183 g/mol. The Morgan fingerprint density at radius 2 is 2.23 bits per heavy atom. The molecular weight excluding hydrogens is 169 g/mol. The SMILES string of the molecule is Cc1cc(F)ccc1OCCCN. The van der Waals surface area contributed by atoms with Crippen molar-refractivity contribution in [2.24, 2.45) is 5.73 Å². The molecule has 0 heterocycles.